The molecule has 4 aromatic rings. The standard InChI is InChI=1S/C23H21F3N6O/c24-15-3-1-14(2-4-15)21-22(31(13-29-21)16-7-9-23(25,26)10-8-16)18-5-6-20-28-12-17(11-19(27)33)32(20)30-18/h1-6,12-13,16H,7-11H2,(H2,27,33). The Morgan fingerprint density at radius 1 is 1.09 bits per heavy atom. The minimum Gasteiger partial charge on any atom is -0.369 e. The zero-order chi connectivity index (χ0) is 23.2. The van der Waals surface area contributed by atoms with Crippen molar-refractivity contribution in [2.75, 3.05) is 0 Å². The van der Waals surface area contributed by atoms with E-state index in [0.717, 1.165) is 0 Å². The summed E-state index contributed by atoms with van der Waals surface area (Å²) < 4.78 is 44.5. The highest BCUT2D eigenvalue weighted by molar-refractivity contribution is 5.78. The molecular formula is C23H21F3N6O. The van der Waals surface area contributed by atoms with Gasteiger partial charge >= 0.3 is 0 Å². The number of imidazole rings is 2. The molecule has 3 aromatic heterocycles. The number of primary amides is 1. The fraction of sp³-hybridized carbons (Fsp3) is 0.304. The Kier molecular flexibility index (Phi) is 5.15. The Hall–Kier alpha value is -3.69. The van der Waals surface area contributed by atoms with Crippen molar-refractivity contribution < 1.29 is 18.0 Å². The topological polar surface area (TPSA) is 91.1 Å². The van der Waals surface area contributed by atoms with Gasteiger partial charge in [-0.1, -0.05) is 0 Å². The third kappa shape index (κ3) is 4.08. The monoisotopic (exact) mass is 454 g/mol. The molecule has 2 N–H and O–H groups in total. The number of carbonyl (C=O) groups is 1. The number of rotatable bonds is 5. The van der Waals surface area contributed by atoms with E-state index in [1.807, 2.05) is 4.57 Å². The van der Waals surface area contributed by atoms with Gasteiger partial charge in [-0.2, -0.15) is 5.10 Å². The van der Waals surface area contributed by atoms with Crippen LogP contribution in [0.15, 0.2) is 48.9 Å². The van der Waals surface area contributed by atoms with Crippen molar-refractivity contribution in [3.63, 3.8) is 0 Å². The zero-order valence-electron chi connectivity index (χ0n) is 17.6. The summed E-state index contributed by atoms with van der Waals surface area (Å²) in [4.78, 5) is 20.3. The number of alkyl halides is 2. The predicted molar refractivity (Wildman–Crippen MR) is 115 cm³/mol. The van der Waals surface area contributed by atoms with E-state index in [9.17, 15) is 18.0 Å². The number of nitrogens with zero attached hydrogens (tertiary/aromatic N) is 5. The van der Waals surface area contributed by atoms with Gasteiger partial charge in [-0.25, -0.2) is 27.7 Å². The largest absolute Gasteiger partial charge is 0.369 e. The van der Waals surface area contributed by atoms with Crippen molar-refractivity contribution in [1.29, 1.82) is 0 Å². The molecule has 0 saturated heterocycles. The fourth-order valence-electron chi connectivity index (χ4n) is 4.36. The second-order valence-electron chi connectivity index (χ2n) is 8.32. The van der Waals surface area contributed by atoms with Crippen LogP contribution in [0.3, 0.4) is 0 Å². The molecule has 10 heteroatoms. The first-order valence-electron chi connectivity index (χ1n) is 10.6. The highest BCUT2D eigenvalue weighted by Crippen LogP contribution is 2.41. The van der Waals surface area contributed by atoms with Crippen molar-refractivity contribution in [3.05, 3.63) is 60.4 Å². The van der Waals surface area contributed by atoms with Gasteiger partial charge in [-0.05, 0) is 49.2 Å². The molecule has 5 rings (SSSR count). The first-order chi connectivity index (χ1) is 15.8. The summed E-state index contributed by atoms with van der Waals surface area (Å²) in [5.74, 6) is -3.54. The molecule has 0 spiro atoms. The fourth-order valence-corrected chi connectivity index (χ4v) is 4.36. The molecule has 0 unspecified atom stereocenters. The van der Waals surface area contributed by atoms with Gasteiger partial charge in [0.2, 0.25) is 11.8 Å². The maximum atomic E-state index is 13.8. The molecule has 1 aliphatic carbocycles. The predicted octanol–water partition coefficient (Wildman–Crippen LogP) is 4.18. The van der Waals surface area contributed by atoms with E-state index in [1.54, 1.807) is 35.1 Å². The van der Waals surface area contributed by atoms with E-state index in [2.05, 4.69) is 15.1 Å². The summed E-state index contributed by atoms with van der Waals surface area (Å²) in [5, 5.41) is 4.68. The van der Waals surface area contributed by atoms with Crippen LogP contribution in [0.4, 0.5) is 13.2 Å². The Morgan fingerprint density at radius 2 is 1.82 bits per heavy atom. The van der Waals surface area contributed by atoms with Gasteiger partial charge in [-0.15, -0.1) is 0 Å². The van der Waals surface area contributed by atoms with Crippen LogP contribution in [-0.4, -0.2) is 36.0 Å². The zero-order valence-corrected chi connectivity index (χ0v) is 17.6. The number of halogens is 3. The summed E-state index contributed by atoms with van der Waals surface area (Å²) in [5.41, 5.74) is 8.83. The lowest BCUT2D eigenvalue weighted by molar-refractivity contribution is -0.117. The van der Waals surface area contributed by atoms with Crippen LogP contribution in [0.1, 0.15) is 37.4 Å². The first kappa shape index (κ1) is 21.2. The molecular weight excluding hydrogens is 433 g/mol. The normalized spacial score (nSPS) is 16.3. The molecule has 0 aliphatic heterocycles. The Labute approximate surface area is 187 Å². The van der Waals surface area contributed by atoms with Crippen molar-refractivity contribution in [1.82, 2.24) is 24.1 Å². The average molecular weight is 454 g/mol. The van der Waals surface area contributed by atoms with Gasteiger partial charge in [0.25, 0.3) is 0 Å². The van der Waals surface area contributed by atoms with Crippen LogP contribution in [0, 0.1) is 5.82 Å². The molecule has 0 atom stereocenters. The Balaban J connectivity index is 1.65. The van der Waals surface area contributed by atoms with Gasteiger partial charge in [-0.3, -0.25) is 4.79 Å². The summed E-state index contributed by atoms with van der Waals surface area (Å²) in [6.45, 7) is 0. The van der Waals surface area contributed by atoms with E-state index in [1.165, 1.54) is 18.3 Å². The summed E-state index contributed by atoms with van der Waals surface area (Å²) >= 11 is 0. The van der Waals surface area contributed by atoms with E-state index in [-0.39, 0.29) is 31.1 Å². The number of benzene rings is 1. The third-order valence-corrected chi connectivity index (χ3v) is 6.02. The van der Waals surface area contributed by atoms with Crippen LogP contribution in [0.25, 0.3) is 28.3 Å². The smallest absolute Gasteiger partial charge is 0.248 e. The van der Waals surface area contributed by atoms with Gasteiger partial charge in [0.05, 0.1) is 36.0 Å². The molecule has 7 nitrogen and oxygen atoms in total. The van der Waals surface area contributed by atoms with E-state index >= 15 is 0 Å². The molecule has 1 aromatic carbocycles. The Morgan fingerprint density at radius 3 is 2.52 bits per heavy atom. The minimum atomic E-state index is -2.66. The van der Waals surface area contributed by atoms with Gasteiger partial charge in [0, 0.05) is 24.4 Å². The molecule has 1 amide bonds. The highest BCUT2D eigenvalue weighted by Gasteiger charge is 2.36. The van der Waals surface area contributed by atoms with Crippen molar-refractivity contribution in [3.8, 4) is 22.6 Å². The number of carbonyl (C=O) groups excluding carboxylic acids is 1. The van der Waals surface area contributed by atoms with Crippen LogP contribution in [0.5, 0.6) is 0 Å². The third-order valence-electron chi connectivity index (χ3n) is 6.02. The quantitative estimate of drug-likeness (QED) is 0.490. The second-order valence-corrected chi connectivity index (χ2v) is 8.32. The summed E-state index contributed by atoms with van der Waals surface area (Å²) in [6.07, 6.45) is 3.36. The molecule has 33 heavy (non-hydrogen) atoms. The number of aromatic nitrogens is 5. The molecule has 1 aliphatic rings. The highest BCUT2D eigenvalue weighted by atomic mass is 19.3. The van der Waals surface area contributed by atoms with Crippen molar-refractivity contribution in [2.24, 2.45) is 5.73 Å². The lowest BCUT2D eigenvalue weighted by Gasteiger charge is -2.30. The molecule has 3 heterocycles. The van der Waals surface area contributed by atoms with Gasteiger partial charge in [0.15, 0.2) is 5.65 Å². The second kappa shape index (κ2) is 8.02. The maximum absolute atomic E-state index is 13.8. The van der Waals surface area contributed by atoms with Crippen molar-refractivity contribution in [2.45, 2.75) is 44.1 Å². The van der Waals surface area contributed by atoms with Gasteiger partial charge < -0.3 is 10.3 Å². The van der Waals surface area contributed by atoms with Crippen LogP contribution in [-0.2, 0) is 11.2 Å². The van der Waals surface area contributed by atoms with Crippen LogP contribution in [0.2, 0.25) is 0 Å². The number of hydrogen-bond acceptors (Lipinski definition) is 4. The molecule has 170 valence electrons. The number of nitrogens with two attached hydrogens (primary N) is 1. The number of hydrogen-bond donors (Lipinski definition) is 1. The molecule has 0 radical (unpaired) electrons. The van der Waals surface area contributed by atoms with E-state index in [4.69, 9.17) is 5.73 Å². The molecule has 1 fully saturated rings. The van der Waals surface area contributed by atoms with Crippen LogP contribution >= 0.6 is 0 Å². The lowest BCUT2D eigenvalue weighted by atomic mass is 9.91. The van der Waals surface area contributed by atoms with E-state index in [0.29, 0.717) is 46.8 Å². The van der Waals surface area contributed by atoms with Crippen molar-refractivity contribution >= 4 is 11.6 Å². The maximum Gasteiger partial charge on any atom is 0.248 e. The van der Waals surface area contributed by atoms with Gasteiger partial charge in [0.1, 0.15) is 11.5 Å². The number of fused-ring (bicyclic) bond motifs is 1. The summed E-state index contributed by atoms with van der Waals surface area (Å²) in [6, 6.07) is 9.28. The van der Waals surface area contributed by atoms with Crippen LogP contribution < -0.4 is 5.73 Å². The molecule has 1 saturated carbocycles. The summed E-state index contributed by atoms with van der Waals surface area (Å²) in [7, 11) is 0. The van der Waals surface area contributed by atoms with E-state index < -0.39 is 11.8 Å². The average Bonchev–Trinajstić information content (AvgIpc) is 3.38. The lowest BCUT2D eigenvalue weighted by Crippen LogP contribution is -2.26. The number of amides is 1. The first-order valence-corrected chi connectivity index (χ1v) is 10.6. The SMILES string of the molecule is NC(=O)Cc1cnc2ccc(-c3c(-c4ccc(F)cc4)ncn3C3CCC(F)(F)CC3)nn12. The molecule has 0 bridgehead atoms. The Bertz CT molecular complexity index is 1320. The minimum absolute atomic E-state index is 0.0284.